The van der Waals surface area contributed by atoms with Crippen LogP contribution in [-0.2, 0) is 18.7 Å². The highest BCUT2D eigenvalue weighted by molar-refractivity contribution is 6.99. The number of imide groups is 1. The molecule has 4 atom stereocenters. The Morgan fingerprint density at radius 3 is 2.15 bits per heavy atom. The second kappa shape index (κ2) is 16.1. The van der Waals surface area contributed by atoms with E-state index in [0.717, 1.165) is 60.8 Å². The van der Waals surface area contributed by atoms with Crippen molar-refractivity contribution in [2.45, 2.75) is 109 Å². The fraction of sp³-hybridized carbons (Fsp3) is 0.467. The van der Waals surface area contributed by atoms with E-state index in [0.29, 0.717) is 25.9 Å². The van der Waals surface area contributed by atoms with Gasteiger partial charge in [-0.2, -0.15) is 0 Å². The predicted octanol–water partition coefficient (Wildman–Crippen LogP) is 7.67. The third kappa shape index (κ3) is 7.32. The zero-order valence-corrected chi connectivity index (χ0v) is 33.4. The van der Waals surface area contributed by atoms with Crippen molar-refractivity contribution in [1.82, 2.24) is 4.90 Å². The van der Waals surface area contributed by atoms with Crippen LogP contribution in [0.25, 0.3) is 6.08 Å². The number of fused-ring (bicyclic) bond motifs is 3. The van der Waals surface area contributed by atoms with Crippen LogP contribution >= 0.6 is 0 Å². The highest BCUT2D eigenvalue weighted by Crippen LogP contribution is 2.52. The van der Waals surface area contributed by atoms with Gasteiger partial charge < -0.3 is 19.2 Å². The molecule has 3 aromatic rings. The minimum atomic E-state index is -2.94. The summed E-state index contributed by atoms with van der Waals surface area (Å²) in [5.74, 6) is -1.15. The molecule has 7 nitrogen and oxygen atoms in total. The second-order valence-corrected chi connectivity index (χ2v) is 21.2. The minimum Gasteiger partial charge on any atom is -0.507 e. The number of amides is 2. The van der Waals surface area contributed by atoms with Crippen molar-refractivity contribution in [3.8, 4) is 5.75 Å². The van der Waals surface area contributed by atoms with E-state index < -0.39 is 33.4 Å². The third-order valence-electron chi connectivity index (χ3n) is 12.6. The number of para-hydroxylation sites is 1. The number of phenolic OH excluding ortho intramolecular Hbond substituents is 1. The number of nitrogens with zero attached hydrogens (tertiary/aromatic N) is 1. The number of rotatable bonds is 11. The van der Waals surface area contributed by atoms with Gasteiger partial charge in [0.15, 0.2) is 0 Å². The van der Waals surface area contributed by atoms with Gasteiger partial charge in [-0.1, -0.05) is 137 Å². The summed E-state index contributed by atoms with van der Waals surface area (Å²) in [6.07, 6.45) is 9.36. The Hall–Kier alpha value is -3.76. The molecule has 0 unspecified atom stereocenters. The van der Waals surface area contributed by atoms with Gasteiger partial charge in [0.25, 0.3) is 8.32 Å². The van der Waals surface area contributed by atoms with Crippen LogP contribution in [0.1, 0.15) is 91.0 Å². The molecule has 3 fully saturated rings. The Morgan fingerprint density at radius 1 is 0.907 bits per heavy atom. The molecule has 1 saturated carbocycles. The summed E-state index contributed by atoms with van der Waals surface area (Å²) in [6.45, 7) is 9.23. The van der Waals surface area contributed by atoms with Crippen LogP contribution in [0.4, 0.5) is 0 Å². The zero-order valence-electron chi connectivity index (χ0n) is 32.4. The molecule has 0 radical (unpaired) electrons. The Balaban J connectivity index is 1.30. The number of benzene rings is 3. The summed E-state index contributed by atoms with van der Waals surface area (Å²) >= 11 is 0. The van der Waals surface area contributed by atoms with Gasteiger partial charge in [-0.3, -0.25) is 14.5 Å². The maximum absolute atomic E-state index is 14.5. The molecule has 2 heterocycles. The van der Waals surface area contributed by atoms with Crippen molar-refractivity contribution in [3.63, 3.8) is 0 Å². The lowest BCUT2D eigenvalue weighted by atomic mass is 9.58. The molecule has 0 bridgehead atoms. The normalized spacial score (nSPS) is 24.2. The Kier molecular flexibility index (Phi) is 11.5. The van der Waals surface area contributed by atoms with Gasteiger partial charge in [-0.05, 0) is 83.4 Å². The minimum absolute atomic E-state index is 0.0446. The molecule has 2 saturated heterocycles. The molecule has 284 valence electrons. The standard InChI is InChI=1S/C45H56BNO6Si/c1-5-31(27-32-17-15-16-24-39(32)48)25-26-40-41-33(30-52-54(45(2,3)4,35-20-11-7-12-21-35)36-22-13-8-14-23-36)28-37-42(38(41)29-46(51)53-40)44(50)47(43(37)49)34-18-9-6-10-19-34/h7-8,11-17,20-24,27,34,37-38,40,42,48,51H,5-6,9-10,18-19,25-26,28-30H2,1-4H3/b31-27+/t37-,38+,40-,42-/m1/s1. The quantitative estimate of drug-likeness (QED) is 0.119. The van der Waals surface area contributed by atoms with Crippen molar-refractivity contribution < 1.29 is 28.8 Å². The predicted molar refractivity (Wildman–Crippen MR) is 218 cm³/mol. The van der Waals surface area contributed by atoms with Gasteiger partial charge in [0.05, 0.1) is 24.5 Å². The number of phenols is 1. The summed E-state index contributed by atoms with van der Waals surface area (Å²) in [5, 5.41) is 24.0. The van der Waals surface area contributed by atoms with E-state index in [-0.39, 0.29) is 40.9 Å². The molecule has 3 aromatic carbocycles. The molecule has 2 aliphatic heterocycles. The van der Waals surface area contributed by atoms with E-state index in [1.807, 2.05) is 36.4 Å². The maximum atomic E-state index is 14.5. The lowest BCUT2D eigenvalue weighted by molar-refractivity contribution is -0.143. The number of allylic oxidation sites excluding steroid dienone is 1. The fourth-order valence-electron chi connectivity index (χ4n) is 10.1. The summed E-state index contributed by atoms with van der Waals surface area (Å²) in [7, 11) is -3.98. The molecule has 0 spiro atoms. The van der Waals surface area contributed by atoms with Crippen molar-refractivity contribution in [2.24, 2.45) is 17.8 Å². The highest BCUT2D eigenvalue weighted by Gasteiger charge is 2.59. The Labute approximate surface area is 322 Å². The third-order valence-corrected chi connectivity index (χ3v) is 17.6. The number of hydrogen-bond donors (Lipinski definition) is 2. The van der Waals surface area contributed by atoms with Crippen molar-refractivity contribution in [1.29, 1.82) is 0 Å². The lowest BCUT2D eigenvalue weighted by Gasteiger charge is -2.46. The first kappa shape index (κ1) is 38.5. The summed E-state index contributed by atoms with van der Waals surface area (Å²) in [5.41, 5.74) is 4.02. The van der Waals surface area contributed by atoms with E-state index in [2.05, 4.69) is 76.2 Å². The summed E-state index contributed by atoms with van der Waals surface area (Å²) < 4.78 is 14.0. The largest absolute Gasteiger partial charge is 0.507 e. The first-order valence-corrected chi connectivity index (χ1v) is 22.1. The highest BCUT2D eigenvalue weighted by atomic mass is 28.4. The molecule has 4 aliphatic rings. The first-order chi connectivity index (χ1) is 26.0. The molecular formula is C45H56BNO6Si. The lowest BCUT2D eigenvalue weighted by Crippen LogP contribution is -2.66. The topological polar surface area (TPSA) is 96.3 Å². The van der Waals surface area contributed by atoms with Crippen LogP contribution in [0.5, 0.6) is 5.75 Å². The van der Waals surface area contributed by atoms with Gasteiger partial charge in [0, 0.05) is 11.6 Å². The van der Waals surface area contributed by atoms with Crippen LogP contribution in [0, 0.1) is 17.8 Å². The monoisotopic (exact) mass is 745 g/mol. The zero-order chi connectivity index (χ0) is 38.0. The van der Waals surface area contributed by atoms with E-state index in [4.69, 9.17) is 9.08 Å². The van der Waals surface area contributed by atoms with E-state index in [1.54, 1.807) is 11.0 Å². The molecular weight excluding hydrogens is 689 g/mol. The second-order valence-electron chi connectivity index (χ2n) is 16.9. The SMILES string of the molecule is CC/C(=C\c1ccccc1O)CC[C@H]1OB(O)C[C@H]2C1=C(CO[Si](c1ccccc1)(c1ccccc1)C(C)(C)C)C[C@H]1C(=O)N(C3CCCCC3)C(=O)[C@H]12. The average Bonchev–Trinajstić information content (AvgIpc) is 3.43. The van der Waals surface area contributed by atoms with Gasteiger partial charge in [0.1, 0.15) is 5.75 Å². The van der Waals surface area contributed by atoms with E-state index in [9.17, 15) is 19.7 Å². The molecule has 2 amide bonds. The van der Waals surface area contributed by atoms with Crippen LogP contribution < -0.4 is 10.4 Å². The molecule has 54 heavy (non-hydrogen) atoms. The van der Waals surface area contributed by atoms with Crippen molar-refractivity contribution >= 4 is 43.7 Å². The van der Waals surface area contributed by atoms with Crippen LogP contribution in [0.2, 0.25) is 11.4 Å². The molecule has 7 rings (SSSR count). The number of carbonyl (C=O) groups is 2. The smallest absolute Gasteiger partial charge is 0.455 e. The summed E-state index contributed by atoms with van der Waals surface area (Å²) in [6, 6.07) is 28.5. The molecule has 0 aromatic heterocycles. The van der Waals surface area contributed by atoms with Crippen LogP contribution in [0.15, 0.2) is 102 Å². The Morgan fingerprint density at radius 2 is 1.54 bits per heavy atom. The number of hydrogen-bond acceptors (Lipinski definition) is 6. The van der Waals surface area contributed by atoms with Crippen LogP contribution in [0.3, 0.4) is 0 Å². The molecule has 2 aliphatic carbocycles. The fourth-order valence-corrected chi connectivity index (χ4v) is 14.6. The maximum Gasteiger partial charge on any atom is 0.455 e. The van der Waals surface area contributed by atoms with Gasteiger partial charge >= 0.3 is 7.12 Å². The average molecular weight is 746 g/mol. The van der Waals surface area contributed by atoms with Gasteiger partial charge in [-0.15, -0.1) is 0 Å². The molecule has 2 N–H and O–H groups in total. The van der Waals surface area contributed by atoms with Crippen molar-refractivity contribution in [3.05, 3.63) is 107 Å². The summed E-state index contributed by atoms with van der Waals surface area (Å²) in [4.78, 5) is 30.6. The number of carbonyl (C=O) groups excluding carboxylic acids is 2. The Bertz CT molecular complexity index is 1830. The van der Waals surface area contributed by atoms with Gasteiger partial charge in [-0.25, -0.2) is 0 Å². The number of aromatic hydroxyl groups is 1. The van der Waals surface area contributed by atoms with E-state index >= 15 is 0 Å². The first-order valence-electron chi connectivity index (χ1n) is 20.2. The van der Waals surface area contributed by atoms with Crippen molar-refractivity contribution in [2.75, 3.05) is 6.61 Å². The van der Waals surface area contributed by atoms with Crippen LogP contribution in [-0.4, -0.2) is 61.0 Å². The van der Waals surface area contributed by atoms with E-state index in [1.165, 1.54) is 10.4 Å². The van der Waals surface area contributed by atoms with Gasteiger partial charge in [0.2, 0.25) is 11.8 Å². The number of likely N-dealkylation sites (tertiary alicyclic amines) is 1. The molecule has 9 heteroatoms.